The fourth-order valence-corrected chi connectivity index (χ4v) is 2.62. The average Bonchev–Trinajstić information content (AvgIpc) is 2.88. The van der Waals surface area contributed by atoms with Crippen molar-refractivity contribution in [1.82, 2.24) is 19.7 Å². The summed E-state index contributed by atoms with van der Waals surface area (Å²) >= 11 is 0. The van der Waals surface area contributed by atoms with Crippen molar-refractivity contribution in [2.75, 3.05) is 5.32 Å². The van der Waals surface area contributed by atoms with Gasteiger partial charge in [0.05, 0.1) is 11.4 Å². The number of rotatable bonds is 4. The molecule has 5 nitrogen and oxygen atoms in total. The molecule has 1 N–H and O–H groups in total. The SMILES string of the molecule is Cc1cccc(CNc2nccc(-c3cn(C)nc3C)n2)c1C. The molecule has 0 amide bonds. The quantitative estimate of drug-likeness (QED) is 0.802. The summed E-state index contributed by atoms with van der Waals surface area (Å²) in [6, 6.07) is 8.24. The maximum Gasteiger partial charge on any atom is 0.223 e. The van der Waals surface area contributed by atoms with Crippen LogP contribution in [0.3, 0.4) is 0 Å². The molecule has 2 heterocycles. The largest absolute Gasteiger partial charge is 0.350 e. The Morgan fingerprint density at radius 1 is 1.13 bits per heavy atom. The van der Waals surface area contributed by atoms with E-state index in [9.17, 15) is 0 Å². The number of hydrogen-bond donors (Lipinski definition) is 1. The third-order valence-corrected chi connectivity index (χ3v) is 4.10. The molecule has 0 saturated heterocycles. The fourth-order valence-electron chi connectivity index (χ4n) is 2.62. The van der Waals surface area contributed by atoms with Crippen LogP contribution in [-0.4, -0.2) is 19.7 Å². The average molecular weight is 307 g/mol. The third-order valence-electron chi connectivity index (χ3n) is 4.10. The van der Waals surface area contributed by atoms with E-state index in [1.807, 2.05) is 26.2 Å². The van der Waals surface area contributed by atoms with Gasteiger partial charge in [-0.1, -0.05) is 18.2 Å². The van der Waals surface area contributed by atoms with Gasteiger partial charge in [0.15, 0.2) is 0 Å². The van der Waals surface area contributed by atoms with E-state index in [1.54, 1.807) is 10.9 Å². The van der Waals surface area contributed by atoms with Crippen molar-refractivity contribution >= 4 is 5.95 Å². The molecule has 2 aromatic heterocycles. The van der Waals surface area contributed by atoms with E-state index >= 15 is 0 Å². The zero-order valence-electron chi connectivity index (χ0n) is 14.0. The summed E-state index contributed by atoms with van der Waals surface area (Å²) in [7, 11) is 1.91. The van der Waals surface area contributed by atoms with Crippen molar-refractivity contribution in [1.29, 1.82) is 0 Å². The van der Waals surface area contributed by atoms with Gasteiger partial charge < -0.3 is 5.32 Å². The van der Waals surface area contributed by atoms with Crippen LogP contribution in [0.5, 0.6) is 0 Å². The standard InChI is InChI=1S/C18H21N5/c1-12-6-5-7-15(13(12)2)10-20-18-19-9-8-17(21-18)16-11-23(4)22-14(16)3/h5-9,11H,10H2,1-4H3,(H,19,20,21). The molecule has 0 radical (unpaired) electrons. The van der Waals surface area contributed by atoms with Crippen LogP contribution in [-0.2, 0) is 13.6 Å². The second kappa shape index (κ2) is 6.20. The number of aryl methyl sites for hydroxylation is 3. The molecule has 23 heavy (non-hydrogen) atoms. The number of hydrogen-bond acceptors (Lipinski definition) is 4. The Labute approximate surface area is 136 Å². The molecule has 0 saturated carbocycles. The van der Waals surface area contributed by atoms with Gasteiger partial charge in [0.1, 0.15) is 0 Å². The summed E-state index contributed by atoms with van der Waals surface area (Å²) in [6.45, 7) is 6.97. The summed E-state index contributed by atoms with van der Waals surface area (Å²) in [5.74, 6) is 0.631. The second-order valence-electron chi connectivity index (χ2n) is 5.78. The maximum atomic E-state index is 4.61. The highest BCUT2D eigenvalue weighted by Gasteiger charge is 2.09. The highest BCUT2D eigenvalue weighted by Crippen LogP contribution is 2.21. The van der Waals surface area contributed by atoms with Crippen molar-refractivity contribution in [2.24, 2.45) is 7.05 Å². The van der Waals surface area contributed by atoms with Crippen molar-refractivity contribution < 1.29 is 0 Å². The minimum absolute atomic E-state index is 0.631. The molecule has 0 aliphatic heterocycles. The molecule has 0 atom stereocenters. The lowest BCUT2D eigenvalue weighted by atomic mass is 10.0. The molecular weight excluding hydrogens is 286 g/mol. The first-order valence-electron chi connectivity index (χ1n) is 7.67. The molecule has 118 valence electrons. The zero-order valence-corrected chi connectivity index (χ0v) is 14.0. The van der Waals surface area contributed by atoms with Gasteiger partial charge >= 0.3 is 0 Å². The van der Waals surface area contributed by atoms with Gasteiger partial charge in [0, 0.05) is 31.5 Å². The number of anilines is 1. The first-order valence-corrected chi connectivity index (χ1v) is 7.67. The maximum absolute atomic E-state index is 4.61. The predicted molar refractivity (Wildman–Crippen MR) is 92.2 cm³/mol. The second-order valence-corrected chi connectivity index (χ2v) is 5.78. The zero-order chi connectivity index (χ0) is 16.4. The topological polar surface area (TPSA) is 55.6 Å². The van der Waals surface area contributed by atoms with Crippen LogP contribution in [0.15, 0.2) is 36.7 Å². The monoisotopic (exact) mass is 307 g/mol. The Morgan fingerprint density at radius 3 is 2.70 bits per heavy atom. The lowest BCUT2D eigenvalue weighted by Crippen LogP contribution is -2.05. The molecule has 0 aliphatic rings. The van der Waals surface area contributed by atoms with Crippen molar-refractivity contribution in [3.8, 4) is 11.3 Å². The van der Waals surface area contributed by atoms with E-state index < -0.39 is 0 Å². The lowest BCUT2D eigenvalue weighted by molar-refractivity contribution is 0.756. The van der Waals surface area contributed by atoms with E-state index in [2.05, 4.69) is 52.4 Å². The predicted octanol–water partition coefficient (Wildman–Crippen LogP) is 3.41. The van der Waals surface area contributed by atoms with Gasteiger partial charge in [-0.15, -0.1) is 0 Å². The fraction of sp³-hybridized carbons (Fsp3) is 0.278. The molecule has 0 unspecified atom stereocenters. The third kappa shape index (κ3) is 3.23. The minimum Gasteiger partial charge on any atom is -0.350 e. The van der Waals surface area contributed by atoms with Gasteiger partial charge in [-0.3, -0.25) is 4.68 Å². The Morgan fingerprint density at radius 2 is 1.96 bits per heavy atom. The Hall–Kier alpha value is -2.69. The number of nitrogens with zero attached hydrogens (tertiary/aromatic N) is 4. The van der Waals surface area contributed by atoms with Crippen LogP contribution in [0.4, 0.5) is 5.95 Å². The van der Waals surface area contributed by atoms with Crippen molar-refractivity contribution in [3.63, 3.8) is 0 Å². The number of aromatic nitrogens is 4. The highest BCUT2D eigenvalue weighted by atomic mass is 15.3. The molecule has 5 heteroatoms. The van der Waals surface area contributed by atoms with E-state index in [0.29, 0.717) is 12.5 Å². The summed E-state index contributed by atoms with van der Waals surface area (Å²) in [6.07, 6.45) is 3.76. The van der Waals surface area contributed by atoms with Crippen LogP contribution in [0.25, 0.3) is 11.3 Å². The van der Waals surface area contributed by atoms with E-state index in [4.69, 9.17) is 0 Å². The molecule has 1 aromatic carbocycles. The minimum atomic E-state index is 0.631. The van der Waals surface area contributed by atoms with Gasteiger partial charge in [0.25, 0.3) is 0 Å². The van der Waals surface area contributed by atoms with E-state index in [1.165, 1.54) is 16.7 Å². The molecule has 0 bridgehead atoms. The first kappa shape index (κ1) is 15.2. The Bertz CT molecular complexity index is 835. The highest BCUT2D eigenvalue weighted by molar-refractivity contribution is 5.61. The van der Waals surface area contributed by atoms with Crippen LogP contribution in [0.2, 0.25) is 0 Å². The van der Waals surface area contributed by atoms with Gasteiger partial charge in [-0.2, -0.15) is 5.10 Å². The van der Waals surface area contributed by atoms with Crippen molar-refractivity contribution in [3.05, 3.63) is 59.0 Å². The summed E-state index contributed by atoms with van der Waals surface area (Å²) < 4.78 is 1.80. The van der Waals surface area contributed by atoms with Crippen LogP contribution in [0, 0.1) is 20.8 Å². The summed E-state index contributed by atoms with van der Waals surface area (Å²) in [5.41, 5.74) is 6.74. The molecule has 0 aliphatic carbocycles. The Kier molecular flexibility index (Phi) is 4.10. The number of nitrogens with one attached hydrogen (secondary N) is 1. The van der Waals surface area contributed by atoms with Crippen LogP contribution < -0.4 is 5.32 Å². The van der Waals surface area contributed by atoms with E-state index in [0.717, 1.165) is 17.0 Å². The lowest BCUT2D eigenvalue weighted by Gasteiger charge is -2.10. The molecular formula is C18H21N5. The number of benzene rings is 1. The van der Waals surface area contributed by atoms with Gasteiger partial charge in [-0.25, -0.2) is 9.97 Å². The van der Waals surface area contributed by atoms with Crippen LogP contribution >= 0.6 is 0 Å². The van der Waals surface area contributed by atoms with Gasteiger partial charge in [0.2, 0.25) is 5.95 Å². The smallest absolute Gasteiger partial charge is 0.223 e. The summed E-state index contributed by atoms with van der Waals surface area (Å²) in [4.78, 5) is 8.93. The molecule has 0 fully saturated rings. The Balaban J connectivity index is 1.81. The molecule has 3 aromatic rings. The van der Waals surface area contributed by atoms with Crippen molar-refractivity contribution in [2.45, 2.75) is 27.3 Å². The van der Waals surface area contributed by atoms with E-state index in [-0.39, 0.29) is 0 Å². The normalized spacial score (nSPS) is 10.8. The van der Waals surface area contributed by atoms with Crippen LogP contribution in [0.1, 0.15) is 22.4 Å². The van der Waals surface area contributed by atoms with Gasteiger partial charge in [-0.05, 0) is 43.5 Å². The first-order chi connectivity index (χ1) is 11.0. The summed E-state index contributed by atoms with van der Waals surface area (Å²) in [5, 5.41) is 7.68. The molecule has 3 rings (SSSR count). The molecule has 0 spiro atoms.